The molecule has 0 aromatic rings. The fourth-order valence-electron chi connectivity index (χ4n) is 3.82. The largest absolute Gasteiger partial charge is 0.356 e. The van der Waals surface area contributed by atoms with Crippen LogP contribution < -0.4 is 11.1 Å². The van der Waals surface area contributed by atoms with E-state index in [2.05, 4.69) is 5.32 Å². The molecule has 0 spiro atoms. The molecule has 0 aromatic carbocycles. The van der Waals surface area contributed by atoms with Gasteiger partial charge in [0.1, 0.15) is 0 Å². The van der Waals surface area contributed by atoms with E-state index in [4.69, 9.17) is 5.73 Å². The van der Waals surface area contributed by atoms with E-state index in [1.165, 1.54) is 44.9 Å². The van der Waals surface area contributed by atoms with Crippen molar-refractivity contribution in [2.24, 2.45) is 17.6 Å². The van der Waals surface area contributed by atoms with E-state index in [0.717, 1.165) is 44.1 Å². The smallest absolute Gasteiger partial charge is 0.220 e. The van der Waals surface area contributed by atoms with Gasteiger partial charge >= 0.3 is 0 Å². The molecule has 0 unspecified atom stereocenters. The first-order chi connectivity index (χ1) is 9.74. The lowest BCUT2D eigenvalue weighted by atomic mass is 9.84. The van der Waals surface area contributed by atoms with Gasteiger partial charge in [-0.3, -0.25) is 4.79 Å². The molecular formula is C17H32N2O. The SMILES string of the molecule is NC1CCC(CCC(=O)NCCCC2CCCC2)CC1. The van der Waals surface area contributed by atoms with Crippen LogP contribution in [0, 0.1) is 11.8 Å². The van der Waals surface area contributed by atoms with Gasteiger partial charge in [0.25, 0.3) is 0 Å². The third-order valence-corrected chi connectivity index (χ3v) is 5.26. The summed E-state index contributed by atoms with van der Waals surface area (Å²) < 4.78 is 0. The maximum Gasteiger partial charge on any atom is 0.220 e. The van der Waals surface area contributed by atoms with Gasteiger partial charge < -0.3 is 11.1 Å². The Balaban J connectivity index is 1.45. The zero-order valence-electron chi connectivity index (χ0n) is 12.9. The minimum Gasteiger partial charge on any atom is -0.356 e. The highest BCUT2D eigenvalue weighted by molar-refractivity contribution is 5.75. The van der Waals surface area contributed by atoms with Crippen molar-refractivity contribution in [3.05, 3.63) is 0 Å². The number of rotatable bonds is 7. The summed E-state index contributed by atoms with van der Waals surface area (Å²) in [6.45, 7) is 0.880. The first-order valence-corrected chi connectivity index (χ1v) is 8.76. The van der Waals surface area contributed by atoms with Crippen molar-refractivity contribution in [3.8, 4) is 0 Å². The highest BCUT2D eigenvalue weighted by atomic mass is 16.1. The summed E-state index contributed by atoms with van der Waals surface area (Å²) in [6, 6.07) is 0.413. The van der Waals surface area contributed by atoms with Gasteiger partial charge in [-0.25, -0.2) is 0 Å². The molecule has 0 aliphatic heterocycles. The van der Waals surface area contributed by atoms with Gasteiger partial charge in [0.2, 0.25) is 5.91 Å². The molecule has 0 saturated heterocycles. The average molecular weight is 280 g/mol. The lowest BCUT2D eigenvalue weighted by molar-refractivity contribution is -0.121. The van der Waals surface area contributed by atoms with Gasteiger partial charge in [-0.05, 0) is 56.8 Å². The van der Waals surface area contributed by atoms with Crippen LogP contribution in [0.2, 0.25) is 0 Å². The molecule has 2 saturated carbocycles. The van der Waals surface area contributed by atoms with Crippen LogP contribution in [0.15, 0.2) is 0 Å². The van der Waals surface area contributed by atoms with Crippen LogP contribution in [0.3, 0.4) is 0 Å². The minimum absolute atomic E-state index is 0.256. The molecular weight excluding hydrogens is 248 g/mol. The van der Waals surface area contributed by atoms with Crippen molar-refractivity contribution in [3.63, 3.8) is 0 Å². The molecule has 0 bridgehead atoms. The van der Waals surface area contributed by atoms with Crippen LogP contribution in [-0.4, -0.2) is 18.5 Å². The summed E-state index contributed by atoms with van der Waals surface area (Å²) in [5.41, 5.74) is 5.91. The third kappa shape index (κ3) is 5.82. The van der Waals surface area contributed by atoms with E-state index in [1.807, 2.05) is 0 Å². The van der Waals surface area contributed by atoms with Crippen LogP contribution in [0.25, 0.3) is 0 Å². The second-order valence-electron chi connectivity index (χ2n) is 6.96. The third-order valence-electron chi connectivity index (χ3n) is 5.26. The van der Waals surface area contributed by atoms with Crippen molar-refractivity contribution in [1.29, 1.82) is 0 Å². The highest BCUT2D eigenvalue weighted by Gasteiger charge is 2.19. The van der Waals surface area contributed by atoms with Gasteiger partial charge in [0, 0.05) is 19.0 Å². The second-order valence-corrected chi connectivity index (χ2v) is 6.96. The van der Waals surface area contributed by atoms with Gasteiger partial charge in [0.15, 0.2) is 0 Å². The topological polar surface area (TPSA) is 55.1 Å². The number of hydrogen-bond donors (Lipinski definition) is 2. The molecule has 0 radical (unpaired) electrons. The lowest BCUT2D eigenvalue weighted by Gasteiger charge is -2.25. The minimum atomic E-state index is 0.256. The molecule has 1 amide bonds. The van der Waals surface area contributed by atoms with E-state index in [-0.39, 0.29) is 5.91 Å². The number of nitrogens with two attached hydrogens (primary N) is 1. The molecule has 0 aromatic heterocycles. The van der Waals surface area contributed by atoms with Gasteiger partial charge in [0.05, 0.1) is 0 Å². The predicted octanol–water partition coefficient (Wildman–Crippen LogP) is 3.37. The number of hydrogen-bond acceptors (Lipinski definition) is 2. The maximum atomic E-state index is 11.8. The van der Waals surface area contributed by atoms with Gasteiger partial charge in [-0.15, -0.1) is 0 Å². The molecule has 20 heavy (non-hydrogen) atoms. The zero-order chi connectivity index (χ0) is 14.2. The Kier molecular flexibility index (Phi) is 6.85. The molecule has 0 atom stereocenters. The number of nitrogens with one attached hydrogen (secondary N) is 1. The Bertz CT molecular complexity index is 279. The summed E-state index contributed by atoms with van der Waals surface area (Å²) in [4.78, 5) is 11.8. The molecule has 116 valence electrons. The molecule has 3 nitrogen and oxygen atoms in total. The summed E-state index contributed by atoms with van der Waals surface area (Å²) in [5.74, 6) is 1.93. The number of carbonyl (C=O) groups is 1. The fourth-order valence-corrected chi connectivity index (χ4v) is 3.82. The van der Waals surface area contributed by atoms with Gasteiger partial charge in [-0.1, -0.05) is 25.7 Å². The summed E-state index contributed by atoms with van der Waals surface area (Å²) in [7, 11) is 0. The predicted molar refractivity (Wildman–Crippen MR) is 83.4 cm³/mol. The fraction of sp³-hybridized carbons (Fsp3) is 0.941. The first-order valence-electron chi connectivity index (χ1n) is 8.76. The Labute approximate surface area is 124 Å². The van der Waals surface area contributed by atoms with Crippen molar-refractivity contribution < 1.29 is 4.79 Å². The summed E-state index contributed by atoms with van der Waals surface area (Å²) >= 11 is 0. The van der Waals surface area contributed by atoms with Crippen LogP contribution in [0.4, 0.5) is 0 Å². The average Bonchev–Trinajstić information content (AvgIpc) is 2.96. The Hall–Kier alpha value is -0.570. The quantitative estimate of drug-likeness (QED) is 0.702. The second kappa shape index (κ2) is 8.66. The van der Waals surface area contributed by atoms with Crippen molar-refractivity contribution >= 4 is 5.91 Å². The van der Waals surface area contributed by atoms with E-state index in [1.54, 1.807) is 0 Å². The lowest BCUT2D eigenvalue weighted by Crippen LogP contribution is -2.28. The van der Waals surface area contributed by atoms with E-state index < -0.39 is 0 Å². The standard InChI is InChI=1S/C17H32N2O/c18-16-10-7-15(8-11-16)9-12-17(20)19-13-3-6-14-4-1-2-5-14/h14-16H,1-13,18H2,(H,19,20). The molecule has 3 N–H and O–H groups in total. The molecule has 0 heterocycles. The van der Waals surface area contributed by atoms with Gasteiger partial charge in [-0.2, -0.15) is 0 Å². The van der Waals surface area contributed by atoms with Crippen molar-refractivity contribution in [2.75, 3.05) is 6.54 Å². The number of amides is 1. The van der Waals surface area contributed by atoms with E-state index in [9.17, 15) is 4.79 Å². The highest BCUT2D eigenvalue weighted by Crippen LogP contribution is 2.28. The monoisotopic (exact) mass is 280 g/mol. The Morgan fingerprint density at radius 1 is 0.950 bits per heavy atom. The Morgan fingerprint density at radius 2 is 1.60 bits per heavy atom. The first kappa shape index (κ1) is 15.8. The normalized spacial score (nSPS) is 27.6. The molecule has 2 aliphatic carbocycles. The molecule has 2 aliphatic rings. The summed E-state index contributed by atoms with van der Waals surface area (Å²) in [6.07, 6.45) is 14.6. The van der Waals surface area contributed by atoms with Crippen molar-refractivity contribution in [1.82, 2.24) is 5.32 Å². The van der Waals surface area contributed by atoms with E-state index >= 15 is 0 Å². The maximum absolute atomic E-state index is 11.8. The van der Waals surface area contributed by atoms with Crippen molar-refractivity contribution in [2.45, 2.75) is 83.1 Å². The Morgan fingerprint density at radius 3 is 2.30 bits per heavy atom. The van der Waals surface area contributed by atoms with Crippen LogP contribution in [-0.2, 0) is 4.79 Å². The number of carbonyl (C=O) groups excluding carboxylic acids is 1. The van der Waals surface area contributed by atoms with Crippen LogP contribution >= 0.6 is 0 Å². The molecule has 2 fully saturated rings. The summed E-state index contributed by atoms with van der Waals surface area (Å²) in [5, 5.41) is 3.09. The molecule has 3 heteroatoms. The zero-order valence-corrected chi connectivity index (χ0v) is 12.9. The van der Waals surface area contributed by atoms with E-state index in [0.29, 0.717) is 12.5 Å². The molecule has 2 rings (SSSR count). The van der Waals surface area contributed by atoms with Crippen LogP contribution in [0.5, 0.6) is 0 Å². The van der Waals surface area contributed by atoms with Crippen LogP contribution in [0.1, 0.15) is 77.0 Å².